The lowest BCUT2D eigenvalue weighted by atomic mass is 10.3. The van der Waals surface area contributed by atoms with E-state index in [2.05, 4.69) is 15.3 Å². The highest BCUT2D eigenvalue weighted by molar-refractivity contribution is 5.76. The largest absolute Gasteiger partial charge is 0.417 e. The highest BCUT2D eigenvalue weighted by atomic mass is 16.4. The van der Waals surface area contributed by atoms with Crippen LogP contribution in [0.2, 0.25) is 0 Å². The van der Waals surface area contributed by atoms with Crippen LogP contribution in [0, 0.1) is 0 Å². The Morgan fingerprint density at radius 3 is 2.95 bits per heavy atom. The molecule has 0 fully saturated rings. The van der Waals surface area contributed by atoms with Gasteiger partial charge in [-0.05, 0) is 18.2 Å². The molecule has 0 saturated heterocycles. The molecule has 1 aromatic carbocycles. The molecule has 0 radical (unpaired) electrons. The van der Waals surface area contributed by atoms with Gasteiger partial charge < -0.3 is 19.2 Å². The van der Waals surface area contributed by atoms with Gasteiger partial charge in [-0.2, -0.15) is 0 Å². The molecule has 21 heavy (non-hydrogen) atoms. The lowest BCUT2D eigenvalue weighted by Crippen LogP contribution is -2.15. The SMILES string of the molecule is CN(C)c1ncc(CNc2ccc3oc(=O)[nH]c3c2)n1C. The van der Waals surface area contributed by atoms with Crippen molar-refractivity contribution in [3.63, 3.8) is 0 Å². The summed E-state index contributed by atoms with van der Waals surface area (Å²) in [5.74, 6) is 0.464. The van der Waals surface area contributed by atoms with Crippen LogP contribution in [-0.2, 0) is 13.6 Å². The molecule has 3 aromatic rings. The quantitative estimate of drug-likeness (QED) is 0.761. The van der Waals surface area contributed by atoms with E-state index in [1.54, 1.807) is 6.07 Å². The van der Waals surface area contributed by atoms with Crippen molar-refractivity contribution in [2.24, 2.45) is 7.05 Å². The third-order valence-corrected chi connectivity index (χ3v) is 3.35. The molecule has 0 aliphatic rings. The van der Waals surface area contributed by atoms with Gasteiger partial charge in [-0.1, -0.05) is 0 Å². The first-order chi connectivity index (χ1) is 10.0. The molecule has 3 rings (SSSR count). The second-order valence-electron chi connectivity index (χ2n) is 5.08. The normalized spacial score (nSPS) is 11.0. The van der Waals surface area contributed by atoms with E-state index in [1.165, 1.54) is 0 Å². The fourth-order valence-electron chi connectivity index (χ4n) is 2.27. The first-order valence-electron chi connectivity index (χ1n) is 6.59. The van der Waals surface area contributed by atoms with Crippen LogP contribution < -0.4 is 16.0 Å². The Kier molecular flexibility index (Phi) is 3.17. The Morgan fingerprint density at radius 1 is 1.43 bits per heavy atom. The third-order valence-electron chi connectivity index (χ3n) is 3.35. The van der Waals surface area contributed by atoms with Crippen molar-refractivity contribution in [1.29, 1.82) is 0 Å². The average molecular weight is 287 g/mol. The van der Waals surface area contributed by atoms with E-state index in [9.17, 15) is 4.79 Å². The van der Waals surface area contributed by atoms with Crippen molar-refractivity contribution in [3.8, 4) is 0 Å². The Morgan fingerprint density at radius 2 is 2.24 bits per heavy atom. The first kappa shape index (κ1) is 13.3. The number of hydrogen-bond donors (Lipinski definition) is 2. The van der Waals surface area contributed by atoms with Crippen LogP contribution in [0.5, 0.6) is 0 Å². The third kappa shape index (κ3) is 2.49. The molecule has 0 spiro atoms. The average Bonchev–Trinajstić information content (AvgIpc) is 2.97. The number of H-pyrrole nitrogens is 1. The maximum absolute atomic E-state index is 11.1. The zero-order chi connectivity index (χ0) is 15.0. The summed E-state index contributed by atoms with van der Waals surface area (Å²) in [6.45, 7) is 0.644. The zero-order valence-corrected chi connectivity index (χ0v) is 12.2. The van der Waals surface area contributed by atoms with Crippen LogP contribution in [-0.4, -0.2) is 28.6 Å². The molecule has 7 heteroatoms. The van der Waals surface area contributed by atoms with Crippen LogP contribution in [0.3, 0.4) is 0 Å². The van der Waals surface area contributed by atoms with Crippen molar-refractivity contribution in [2.75, 3.05) is 24.3 Å². The molecule has 0 bridgehead atoms. The molecular formula is C14H17N5O2. The van der Waals surface area contributed by atoms with Crippen LogP contribution in [0.15, 0.2) is 33.6 Å². The number of nitrogens with one attached hydrogen (secondary N) is 2. The Bertz CT molecular complexity index is 827. The maximum Gasteiger partial charge on any atom is 0.417 e. The predicted molar refractivity (Wildman–Crippen MR) is 81.7 cm³/mol. The minimum Gasteiger partial charge on any atom is -0.408 e. The van der Waals surface area contributed by atoms with Crippen LogP contribution in [0.1, 0.15) is 5.69 Å². The highest BCUT2D eigenvalue weighted by Crippen LogP contribution is 2.18. The summed E-state index contributed by atoms with van der Waals surface area (Å²) in [6.07, 6.45) is 1.85. The number of imidazole rings is 1. The topological polar surface area (TPSA) is 79.1 Å². The van der Waals surface area contributed by atoms with Gasteiger partial charge in [0.1, 0.15) is 0 Å². The van der Waals surface area contributed by atoms with Crippen LogP contribution in [0.25, 0.3) is 11.1 Å². The molecule has 0 aliphatic carbocycles. The summed E-state index contributed by atoms with van der Waals surface area (Å²) in [6, 6.07) is 5.50. The summed E-state index contributed by atoms with van der Waals surface area (Å²) in [7, 11) is 5.90. The van der Waals surface area contributed by atoms with Crippen molar-refractivity contribution < 1.29 is 4.42 Å². The number of aromatic nitrogens is 3. The van der Waals surface area contributed by atoms with Crippen LogP contribution >= 0.6 is 0 Å². The molecule has 110 valence electrons. The van der Waals surface area contributed by atoms with E-state index in [0.29, 0.717) is 17.6 Å². The molecule has 0 unspecified atom stereocenters. The molecular weight excluding hydrogens is 270 g/mol. The van der Waals surface area contributed by atoms with Gasteiger partial charge in [-0.3, -0.25) is 4.98 Å². The van der Waals surface area contributed by atoms with Gasteiger partial charge in [-0.15, -0.1) is 0 Å². The highest BCUT2D eigenvalue weighted by Gasteiger charge is 2.08. The maximum atomic E-state index is 11.1. The van der Waals surface area contributed by atoms with Gasteiger partial charge in [0.05, 0.1) is 24.0 Å². The molecule has 2 heterocycles. The van der Waals surface area contributed by atoms with Crippen molar-refractivity contribution in [1.82, 2.24) is 14.5 Å². The Labute approximate surface area is 121 Å². The fraction of sp³-hybridized carbons (Fsp3) is 0.286. The second-order valence-corrected chi connectivity index (χ2v) is 5.08. The van der Waals surface area contributed by atoms with E-state index in [-0.39, 0.29) is 0 Å². The minimum absolute atomic E-state index is 0.440. The van der Waals surface area contributed by atoms with Crippen molar-refractivity contribution >= 4 is 22.7 Å². The molecule has 0 saturated carbocycles. The number of anilines is 2. The van der Waals surface area contributed by atoms with Gasteiger partial charge in [0, 0.05) is 26.8 Å². The zero-order valence-electron chi connectivity index (χ0n) is 12.2. The molecule has 0 atom stereocenters. The number of rotatable bonds is 4. The number of fused-ring (bicyclic) bond motifs is 1. The van der Waals surface area contributed by atoms with Gasteiger partial charge in [-0.25, -0.2) is 9.78 Å². The van der Waals surface area contributed by atoms with Crippen LogP contribution in [0.4, 0.5) is 11.6 Å². The number of aromatic amines is 1. The molecule has 7 nitrogen and oxygen atoms in total. The molecule has 2 N–H and O–H groups in total. The lowest BCUT2D eigenvalue weighted by Gasteiger charge is -2.13. The minimum atomic E-state index is -0.440. The summed E-state index contributed by atoms with van der Waals surface area (Å²) >= 11 is 0. The summed E-state index contributed by atoms with van der Waals surface area (Å²) in [5, 5.41) is 3.31. The smallest absolute Gasteiger partial charge is 0.408 e. The second kappa shape index (κ2) is 5.01. The lowest BCUT2D eigenvalue weighted by molar-refractivity contribution is 0.555. The van der Waals surface area contributed by atoms with E-state index in [0.717, 1.165) is 17.3 Å². The number of oxazole rings is 1. The van der Waals surface area contributed by atoms with Crippen molar-refractivity contribution in [3.05, 3.63) is 40.6 Å². The van der Waals surface area contributed by atoms with Gasteiger partial charge >= 0.3 is 5.76 Å². The number of nitrogens with zero attached hydrogens (tertiary/aromatic N) is 3. The summed E-state index contributed by atoms with van der Waals surface area (Å²) in [4.78, 5) is 20.1. The van der Waals surface area contributed by atoms with E-state index in [4.69, 9.17) is 4.42 Å². The van der Waals surface area contributed by atoms with Gasteiger partial charge in [0.15, 0.2) is 5.58 Å². The monoisotopic (exact) mass is 287 g/mol. The van der Waals surface area contributed by atoms with Crippen molar-refractivity contribution in [2.45, 2.75) is 6.54 Å². The standard InChI is InChI=1S/C14H17N5O2/c1-18(2)13-16-8-10(19(13)3)7-15-9-4-5-12-11(6-9)17-14(20)21-12/h4-6,8,15H,7H2,1-3H3,(H,17,20). The van der Waals surface area contributed by atoms with Gasteiger partial charge in [0.25, 0.3) is 0 Å². The molecule has 0 aliphatic heterocycles. The Balaban J connectivity index is 1.78. The van der Waals surface area contributed by atoms with Gasteiger partial charge in [0.2, 0.25) is 5.95 Å². The predicted octanol–water partition coefficient (Wildman–Crippen LogP) is 1.53. The molecule has 0 amide bonds. The Hall–Kier alpha value is -2.70. The summed E-state index contributed by atoms with van der Waals surface area (Å²) < 4.78 is 7.01. The number of benzene rings is 1. The fourth-order valence-corrected chi connectivity index (χ4v) is 2.27. The first-order valence-corrected chi connectivity index (χ1v) is 6.59. The summed E-state index contributed by atoms with van der Waals surface area (Å²) in [5.41, 5.74) is 3.22. The number of hydrogen-bond acceptors (Lipinski definition) is 5. The van der Waals surface area contributed by atoms with E-state index in [1.807, 2.05) is 48.9 Å². The van der Waals surface area contributed by atoms with E-state index < -0.39 is 5.76 Å². The van der Waals surface area contributed by atoms with E-state index >= 15 is 0 Å². The molecule has 2 aromatic heterocycles.